The van der Waals surface area contributed by atoms with Gasteiger partial charge in [0.05, 0.1) is 83.0 Å². The van der Waals surface area contributed by atoms with Crippen LogP contribution in [0.4, 0.5) is 20.2 Å². The van der Waals surface area contributed by atoms with Crippen molar-refractivity contribution in [3.63, 3.8) is 0 Å². The van der Waals surface area contributed by atoms with Crippen LogP contribution in [0.25, 0.3) is 70.4 Å². The summed E-state index contributed by atoms with van der Waals surface area (Å²) < 4.78 is 35.1. The second-order valence-corrected chi connectivity index (χ2v) is 12.9. The Kier molecular flexibility index (Phi) is 9.63. The number of fused-ring (bicyclic) bond motifs is 2. The van der Waals surface area contributed by atoms with Crippen molar-refractivity contribution in [1.82, 2.24) is 0 Å². The van der Waals surface area contributed by atoms with Gasteiger partial charge in [0.2, 0.25) is 5.70 Å². The van der Waals surface area contributed by atoms with E-state index in [-0.39, 0.29) is 89.3 Å². The average Bonchev–Trinajstić information content (AvgIpc) is 3.74. The molecule has 0 atom stereocenters. The van der Waals surface area contributed by atoms with Crippen molar-refractivity contribution in [2.24, 2.45) is 0 Å². The zero-order valence-electron chi connectivity index (χ0n) is 30.3. The number of hydrogen-bond donors (Lipinski definition) is 0. The summed E-state index contributed by atoms with van der Waals surface area (Å²) in [5.74, 6) is -2.40. The van der Waals surface area contributed by atoms with E-state index in [9.17, 15) is 36.8 Å². The second-order valence-electron chi connectivity index (χ2n) is 12.9. The monoisotopic (exact) mass is 768 g/mol. The smallest absolute Gasteiger partial charge is 0.231 e. The molecule has 0 saturated carbocycles. The van der Waals surface area contributed by atoms with Gasteiger partial charge >= 0.3 is 0 Å². The van der Waals surface area contributed by atoms with E-state index >= 15 is 8.78 Å². The summed E-state index contributed by atoms with van der Waals surface area (Å²) >= 11 is 0. The van der Waals surface area contributed by atoms with E-state index in [0.29, 0.717) is 0 Å². The fraction of sp³-hybridized carbons (Fsp3) is 0. The van der Waals surface area contributed by atoms with Crippen LogP contribution in [-0.4, -0.2) is 0 Å². The van der Waals surface area contributed by atoms with Crippen LogP contribution in [0.1, 0.15) is 55.6 Å². The summed E-state index contributed by atoms with van der Waals surface area (Å²) in [5.41, 5.74) is -3.39. The number of nitrogens with zero attached hydrogens (tertiary/aromatic N) is 10. The summed E-state index contributed by atoms with van der Waals surface area (Å²) in [4.78, 5) is 10.4. The third-order valence-electron chi connectivity index (χ3n) is 9.84. The normalized spacial score (nSPS) is 13.6. The van der Waals surface area contributed by atoms with E-state index in [1.54, 1.807) is 0 Å². The van der Waals surface area contributed by atoms with Crippen molar-refractivity contribution >= 4 is 44.9 Å². The lowest BCUT2D eigenvalue weighted by Gasteiger charge is -2.24. The van der Waals surface area contributed by atoms with Crippen LogP contribution in [0.3, 0.4) is 0 Å². The van der Waals surface area contributed by atoms with Crippen LogP contribution in [0.15, 0.2) is 96.6 Å². The van der Waals surface area contributed by atoms with Crippen LogP contribution in [-0.2, 0) is 0 Å². The van der Waals surface area contributed by atoms with Crippen LogP contribution in [0.2, 0.25) is 0 Å². The van der Waals surface area contributed by atoms with Crippen molar-refractivity contribution in [2.75, 3.05) is 0 Å². The van der Waals surface area contributed by atoms with Gasteiger partial charge in [0.1, 0.15) is 24.0 Å². The van der Waals surface area contributed by atoms with E-state index in [1.807, 2.05) is 42.5 Å². The Bertz CT molecular complexity index is 3190. The van der Waals surface area contributed by atoms with Crippen molar-refractivity contribution in [3.8, 4) is 64.7 Å². The molecule has 0 saturated heterocycles. The number of allylic oxidation sites excluding steroid dienone is 7. The first-order valence-electron chi connectivity index (χ1n) is 17.1. The molecule has 2 aliphatic rings. The first-order chi connectivity index (χ1) is 29.1. The standard InChI is InChI=1S/C48H14F2N10/c1-58-33-15-32(16-34(17-33)59-2)36(23-56)42-44-39(30-10-6-26(19-52)7-11-30)43-40(38(45(44)48(60-3)47(42)50)29-8-4-25(18-51)5-9-29)37(24-57)46(49)41(43)35(22-55)31-13-27(20-53)12-28(14-31)21-54/h4-17H/b41-35-,42-36-. The van der Waals surface area contributed by atoms with Crippen LogP contribution < -0.4 is 0 Å². The van der Waals surface area contributed by atoms with Crippen LogP contribution in [0.5, 0.6) is 0 Å². The highest BCUT2D eigenvalue weighted by molar-refractivity contribution is 6.25. The van der Waals surface area contributed by atoms with E-state index in [2.05, 4.69) is 14.5 Å². The summed E-state index contributed by atoms with van der Waals surface area (Å²) in [6, 6.07) is 32.8. The minimum Gasteiger partial charge on any atom is -0.239 e. The van der Waals surface area contributed by atoms with Gasteiger partial charge in [0.15, 0.2) is 17.2 Å². The summed E-state index contributed by atoms with van der Waals surface area (Å²) in [5, 5.41) is 71.5. The first kappa shape index (κ1) is 38.1. The Morgan fingerprint density at radius 2 is 0.867 bits per heavy atom. The molecule has 270 valence electrons. The number of rotatable bonds is 4. The lowest BCUT2D eigenvalue weighted by atomic mass is 9.78. The Labute approximate surface area is 340 Å². The lowest BCUT2D eigenvalue weighted by Crippen LogP contribution is -2.04. The maximum absolute atomic E-state index is 17.5. The molecule has 60 heavy (non-hydrogen) atoms. The molecule has 10 nitrogen and oxygen atoms in total. The predicted molar refractivity (Wildman–Crippen MR) is 215 cm³/mol. The molecule has 0 bridgehead atoms. The molecule has 5 aromatic rings. The first-order valence-corrected chi connectivity index (χ1v) is 17.1. The van der Waals surface area contributed by atoms with E-state index < -0.39 is 45.2 Å². The Morgan fingerprint density at radius 1 is 0.433 bits per heavy atom. The Hall–Kier alpha value is -10.2. The molecular formula is C48H14F2N10. The molecule has 0 heterocycles. The summed E-state index contributed by atoms with van der Waals surface area (Å²) in [6.45, 7) is 23.6. The number of benzene rings is 5. The van der Waals surface area contributed by atoms with Gasteiger partial charge in [-0.1, -0.05) is 42.5 Å². The third kappa shape index (κ3) is 5.85. The van der Waals surface area contributed by atoms with Crippen molar-refractivity contribution in [1.29, 1.82) is 36.8 Å². The number of hydrogen-bond acceptors (Lipinski definition) is 7. The Morgan fingerprint density at radius 3 is 1.28 bits per heavy atom. The number of nitriles is 7. The lowest BCUT2D eigenvalue weighted by molar-refractivity contribution is 0.682. The minimum absolute atomic E-state index is 0.0441. The molecule has 0 spiro atoms. The van der Waals surface area contributed by atoms with Crippen molar-refractivity contribution in [3.05, 3.63) is 186 Å². The zero-order valence-corrected chi connectivity index (χ0v) is 30.3. The van der Waals surface area contributed by atoms with Crippen LogP contribution >= 0.6 is 0 Å². The largest absolute Gasteiger partial charge is 0.239 e. The summed E-state index contributed by atoms with van der Waals surface area (Å²) in [6.07, 6.45) is 0. The summed E-state index contributed by atoms with van der Waals surface area (Å²) in [7, 11) is 0. The second kappa shape index (κ2) is 15.2. The van der Waals surface area contributed by atoms with Gasteiger partial charge in [0, 0.05) is 27.8 Å². The quantitative estimate of drug-likeness (QED) is 0.129. The molecule has 5 aromatic carbocycles. The van der Waals surface area contributed by atoms with Gasteiger partial charge in [-0.15, -0.1) is 0 Å². The van der Waals surface area contributed by atoms with E-state index in [0.717, 1.165) is 0 Å². The van der Waals surface area contributed by atoms with E-state index in [4.69, 9.17) is 19.7 Å². The van der Waals surface area contributed by atoms with Crippen LogP contribution in [0, 0.1) is 99.0 Å². The van der Waals surface area contributed by atoms with Gasteiger partial charge in [-0.3, -0.25) is 0 Å². The maximum atomic E-state index is 17.5. The fourth-order valence-corrected chi connectivity index (χ4v) is 7.40. The molecule has 0 unspecified atom stereocenters. The van der Waals surface area contributed by atoms with Gasteiger partial charge < -0.3 is 0 Å². The SMILES string of the molecule is [C-]#[N+]C1=C(F)/C(=C(/C#N)c2cc([N+]#[C-])cc([N+]#[C-])c2)c2c1c(-c1ccc(C#N)cc1)c1c(c2-c2ccc(C#N)cc2)/C(=C(\C#N)c2cc(C#N)cc(C#N)c2)C(F)=C1C#N. The topological polar surface area (TPSA) is 180 Å². The molecular weight excluding hydrogens is 755 g/mol. The predicted octanol–water partition coefficient (Wildman–Crippen LogP) is 11.3. The molecule has 12 heteroatoms. The highest BCUT2D eigenvalue weighted by Gasteiger charge is 2.44. The van der Waals surface area contributed by atoms with Gasteiger partial charge in [-0.05, 0) is 81.4 Å². The molecule has 0 aliphatic heterocycles. The maximum Gasteiger partial charge on any atom is 0.231 e. The average molecular weight is 769 g/mol. The molecule has 0 amide bonds. The van der Waals surface area contributed by atoms with Gasteiger partial charge in [0.25, 0.3) is 0 Å². The van der Waals surface area contributed by atoms with Crippen molar-refractivity contribution < 1.29 is 8.78 Å². The zero-order chi connectivity index (χ0) is 42.8. The van der Waals surface area contributed by atoms with Gasteiger partial charge in [-0.25, -0.2) is 23.3 Å². The molecule has 0 aromatic heterocycles. The molecule has 2 aliphatic carbocycles. The molecule has 7 rings (SSSR count). The Balaban J connectivity index is 1.84. The van der Waals surface area contributed by atoms with Crippen molar-refractivity contribution in [2.45, 2.75) is 0 Å². The highest BCUT2D eigenvalue weighted by Crippen LogP contribution is 2.61. The molecule has 0 radical (unpaired) electrons. The highest BCUT2D eigenvalue weighted by atomic mass is 19.1. The van der Waals surface area contributed by atoms with E-state index in [1.165, 1.54) is 84.9 Å². The third-order valence-corrected chi connectivity index (χ3v) is 9.84. The van der Waals surface area contributed by atoms with Gasteiger partial charge in [-0.2, -0.15) is 36.8 Å². The fourth-order valence-electron chi connectivity index (χ4n) is 7.40. The molecule has 0 N–H and O–H groups in total. The minimum atomic E-state index is -1.20. The molecule has 0 fully saturated rings. The number of halogens is 2.